The maximum atomic E-state index is 9.11. The first-order valence-corrected chi connectivity index (χ1v) is 6.49. The number of nitrogens with one attached hydrogen (secondary N) is 1. The second-order valence-corrected chi connectivity index (χ2v) is 4.34. The lowest BCUT2D eigenvalue weighted by Gasteiger charge is -2.22. The van der Waals surface area contributed by atoms with Gasteiger partial charge in [0.15, 0.2) is 0 Å². The Balaban J connectivity index is 3.48. The quantitative estimate of drug-likeness (QED) is 0.535. The van der Waals surface area contributed by atoms with E-state index in [0.29, 0.717) is 39.5 Å². The zero-order valence-corrected chi connectivity index (χ0v) is 11.8. The highest BCUT2D eigenvalue weighted by Crippen LogP contribution is 2.08. The Labute approximate surface area is 110 Å². The number of hydrogen-bond donors (Lipinski definition) is 1. The Morgan fingerprint density at radius 3 is 2.28 bits per heavy atom. The number of methoxy groups -OCH3 is 1. The van der Waals surface area contributed by atoms with Crippen LogP contribution in [0.4, 0.5) is 0 Å². The molecule has 0 radical (unpaired) electrons. The number of rotatable bonds is 12. The van der Waals surface area contributed by atoms with Gasteiger partial charge in [0.25, 0.3) is 0 Å². The lowest BCUT2D eigenvalue weighted by atomic mass is 10.0. The molecule has 106 valence electrons. The molecule has 0 aromatic heterocycles. The summed E-state index contributed by atoms with van der Waals surface area (Å²) in [7, 11) is 1.64. The molecule has 5 nitrogen and oxygen atoms in total. The lowest BCUT2D eigenvalue weighted by molar-refractivity contribution is 0.0216. The van der Waals surface area contributed by atoms with Crippen molar-refractivity contribution in [2.45, 2.75) is 32.2 Å². The van der Waals surface area contributed by atoms with Crippen molar-refractivity contribution in [1.29, 1.82) is 5.26 Å². The van der Waals surface area contributed by atoms with E-state index in [1.165, 1.54) is 0 Å². The summed E-state index contributed by atoms with van der Waals surface area (Å²) in [6.45, 7) is 7.72. The van der Waals surface area contributed by atoms with Gasteiger partial charge in [-0.3, -0.25) is 5.32 Å². The molecule has 0 fully saturated rings. The molecule has 0 spiro atoms. The Hall–Kier alpha value is -0.670. The molecule has 1 N–H and O–H groups in total. The SMILES string of the molecule is CCCNC(C)(C#N)CCOCCOCCOC. The molecule has 1 atom stereocenters. The molecule has 0 aliphatic heterocycles. The maximum Gasteiger partial charge on any atom is 0.106 e. The smallest absolute Gasteiger partial charge is 0.106 e. The molecule has 0 bridgehead atoms. The van der Waals surface area contributed by atoms with Crippen LogP contribution in [0.2, 0.25) is 0 Å². The highest BCUT2D eigenvalue weighted by Gasteiger charge is 2.21. The van der Waals surface area contributed by atoms with Crippen LogP contribution in [0.5, 0.6) is 0 Å². The second kappa shape index (κ2) is 11.4. The van der Waals surface area contributed by atoms with Gasteiger partial charge in [0, 0.05) is 20.1 Å². The standard InChI is InChI=1S/C13H26N2O3/c1-4-6-15-13(2,12-14)5-7-17-10-11-18-9-8-16-3/h15H,4-11H2,1-3H3. The molecule has 0 aromatic rings. The normalized spacial score (nSPS) is 14.1. The lowest BCUT2D eigenvalue weighted by Crippen LogP contribution is -2.42. The van der Waals surface area contributed by atoms with Crippen LogP contribution >= 0.6 is 0 Å². The molecule has 0 aliphatic rings. The molecule has 1 unspecified atom stereocenters. The van der Waals surface area contributed by atoms with Crippen LogP contribution in [-0.2, 0) is 14.2 Å². The summed E-state index contributed by atoms with van der Waals surface area (Å²) in [5.41, 5.74) is -0.493. The van der Waals surface area contributed by atoms with Crippen LogP contribution < -0.4 is 5.32 Å². The van der Waals surface area contributed by atoms with E-state index < -0.39 is 5.54 Å². The summed E-state index contributed by atoms with van der Waals surface area (Å²) in [5.74, 6) is 0. The third-order valence-corrected chi connectivity index (χ3v) is 2.56. The van der Waals surface area contributed by atoms with E-state index in [1.54, 1.807) is 7.11 Å². The molecule has 5 heteroatoms. The summed E-state index contributed by atoms with van der Waals surface area (Å²) in [6, 6.07) is 2.29. The first-order valence-electron chi connectivity index (χ1n) is 6.49. The Morgan fingerprint density at radius 1 is 1.11 bits per heavy atom. The van der Waals surface area contributed by atoms with Gasteiger partial charge in [-0.05, 0) is 19.9 Å². The summed E-state index contributed by atoms with van der Waals surface area (Å²) in [6.07, 6.45) is 1.70. The van der Waals surface area contributed by atoms with E-state index in [1.807, 2.05) is 6.92 Å². The van der Waals surface area contributed by atoms with Gasteiger partial charge < -0.3 is 14.2 Å². The monoisotopic (exact) mass is 258 g/mol. The molecule has 0 amide bonds. The van der Waals surface area contributed by atoms with Gasteiger partial charge >= 0.3 is 0 Å². The number of nitriles is 1. The van der Waals surface area contributed by atoms with E-state index in [-0.39, 0.29) is 0 Å². The largest absolute Gasteiger partial charge is 0.382 e. The van der Waals surface area contributed by atoms with Crippen molar-refractivity contribution >= 4 is 0 Å². The van der Waals surface area contributed by atoms with Crippen LogP contribution in [0.25, 0.3) is 0 Å². The van der Waals surface area contributed by atoms with Crippen molar-refractivity contribution < 1.29 is 14.2 Å². The van der Waals surface area contributed by atoms with Crippen molar-refractivity contribution in [3.8, 4) is 6.07 Å². The molecule has 0 saturated heterocycles. The zero-order chi connectivity index (χ0) is 13.7. The van der Waals surface area contributed by atoms with Crippen LogP contribution in [0.3, 0.4) is 0 Å². The highest BCUT2D eigenvalue weighted by molar-refractivity contribution is 5.03. The fourth-order valence-corrected chi connectivity index (χ4v) is 1.33. The summed E-state index contributed by atoms with van der Waals surface area (Å²) in [4.78, 5) is 0. The van der Waals surface area contributed by atoms with Crippen molar-refractivity contribution in [1.82, 2.24) is 5.32 Å². The Morgan fingerprint density at radius 2 is 1.72 bits per heavy atom. The van der Waals surface area contributed by atoms with Crippen LogP contribution in [0.15, 0.2) is 0 Å². The van der Waals surface area contributed by atoms with E-state index in [0.717, 1.165) is 13.0 Å². The first kappa shape index (κ1) is 17.3. The minimum Gasteiger partial charge on any atom is -0.382 e. The van der Waals surface area contributed by atoms with Gasteiger partial charge in [-0.15, -0.1) is 0 Å². The minimum atomic E-state index is -0.493. The van der Waals surface area contributed by atoms with E-state index in [4.69, 9.17) is 19.5 Å². The van der Waals surface area contributed by atoms with Crippen molar-refractivity contribution in [3.05, 3.63) is 0 Å². The molecular weight excluding hydrogens is 232 g/mol. The average Bonchev–Trinajstić information content (AvgIpc) is 2.39. The molecule has 0 heterocycles. The van der Waals surface area contributed by atoms with Crippen molar-refractivity contribution in [2.75, 3.05) is 46.7 Å². The van der Waals surface area contributed by atoms with Crippen LogP contribution in [0, 0.1) is 11.3 Å². The van der Waals surface area contributed by atoms with Gasteiger partial charge in [0.2, 0.25) is 0 Å². The topological polar surface area (TPSA) is 63.5 Å². The predicted molar refractivity (Wildman–Crippen MR) is 70.4 cm³/mol. The highest BCUT2D eigenvalue weighted by atomic mass is 16.5. The van der Waals surface area contributed by atoms with Crippen molar-refractivity contribution in [3.63, 3.8) is 0 Å². The third-order valence-electron chi connectivity index (χ3n) is 2.56. The molecular formula is C13H26N2O3. The van der Waals surface area contributed by atoms with Gasteiger partial charge in [-0.1, -0.05) is 6.92 Å². The van der Waals surface area contributed by atoms with Crippen LogP contribution in [-0.4, -0.2) is 52.2 Å². The second-order valence-electron chi connectivity index (χ2n) is 4.34. The van der Waals surface area contributed by atoms with Gasteiger partial charge in [0.05, 0.1) is 32.5 Å². The summed E-state index contributed by atoms with van der Waals surface area (Å²) < 4.78 is 15.6. The maximum absolute atomic E-state index is 9.11. The van der Waals surface area contributed by atoms with E-state index >= 15 is 0 Å². The number of ether oxygens (including phenoxy) is 3. The van der Waals surface area contributed by atoms with Gasteiger partial charge in [0.1, 0.15) is 5.54 Å². The molecule has 0 saturated carbocycles. The fraction of sp³-hybridized carbons (Fsp3) is 0.923. The van der Waals surface area contributed by atoms with Crippen molar-refractivity contribution in [2.24, 2.45) is 0 Å². The molecule has 0 rings (SSSR count). The predicted octanol–water partition coefficient (Wildman–Crippen LogP) is 1.34. The third kappa shape index (κ3) is 9.37. The van der Waals surface area contributed by atoms with Gasteiger partial charge in [-0.2, -0.15) is 5.26 Å². The Kier molecular flexibility index (Phi) is 11.0. The van der Waals surface area contributed by atoms with Crippen LogP contribution in [0.1, 0.15) is 26.7 Å². The minimum absolute atomic E-state index is 0.493. The summed E-state index contributed by atoms with van der Waals surface area (Å²) >= 11 is 0. The number of hydrogen-bond acceptors (Lipinski definition) is 5. The molecule has 0 aliphatic carbocycles. The Bertz CT molecular complexity index is 231. The fourth-order valence-electron chi connectivity index (χ4n) is 1.33. The molecule has 0 aromatic carbocycles. The molecule has 18 heavy (non-hydrogen) atoms. The van der Waals surface area contributed by atoms with E-state index in [9.17, 15) is 0 Å². The first-order chi connectivity index (χ1) is 8.68. The van der Waals surface area contributed by atoms with Gasteiger partial charge in [-0.25, -0.2) is 0 Å². The number of nitrogens with zero attached hydrogens (tertiary/aromatic N) is 1. The average molecular weight is 258 g/mol. The summed E-state index contributed by atoms with van der Waals surface area (Å²) in [5, 5.41) is 12.3. The van der Waals surface area contributed by atoms with E-state index in [2.05, 4.69) is 18.3 Å². The zero-order valence-electron chi connectivity index (χ0n) is 11.8.